The molecule has 8 nitrogen and oxygen atoms in total. The molecule has 1 saturated heterocycles. The third kappa shape index (κ3) is 5.35. The number of ketones is 1. The minimum atomic E-state index is -0.940. The van der Waals surface area contributed by atoms with Gasteiger partial charge in [0, 0.05) is 37.3 Å². The van der Waals surface area contributed by atoms with E-state index in [9.17, 15) is 9.59 Å². The normalized spacial score (nSPS) is 15.1. The lowest BCUT2D eigenvalue weighted by molar-refractivity contribution is -0.124. The van der Waals surface area contributed by atoms with Gasteiger partial charge in [0.25, 0.3) is 5.56 Å². The number of nitrogens with two attached hydrogens (primary N) is 1. The van der Waals surface area contributed by atoms with Gasteiger partial charge in [-0.15, -0.1) is 0 Å². The van der Waals surface area contributed by atoms with Gasteiger partial charge in [-0.1, -0.05) is 24.0 Å². The van der Waals surface area contributed by atoms with Gasteiger partial charge in [0.2, 0.25) is 0 Å². The second-order valence-electron chi connectivity index (χ2n) is 7.90. The molecule has 1 aliphatic rings. The number of nitrogens with zero attached hydrogens (tertiary/aromatic N) is 3. The van der Waals surface area contributed by atoms with E-state index in [0.717, 1.165) is 44.0 Å². The molecule has 0 amide bonds. The van der Waals surface area contributed by atoms with Crippen molar-refractivity contribution in [2.45, 2.75) is 12.6 Å². The third-order valence-corrected chi connectivity index (χ3v) is 5.69. The van der Waals surface area contributed by atoms with Crippen LogP contribution >= 0.6 is 0 Å². The van der Waals surface area contributed by atoms with Crippen molar-refractivity contribution in [2.75, 3.05) is 39.5 Å². The summed E-state index contributed by atoms with van der Waals surface area (Å²) in [5.41, 5.74) is 8.59. The SMILES string of the molecule is NC[C@@H](C(=O)CO)n1cnc2cc(C#Cc3ccc(CN4CCOCC4)cc3)ccc2c1=O. The number of benzene rings is 2. The molecular formula is C25H26N4O4. The molecule has 4 rings (SSSR count). The Balaban J connectivity index is 1.51. The van der Waals surface area contributed by atoms with E-state index in [4.69, 9.17) is 15.6 Å². The van der Waals surface area contributed by atoms with Gasteiger partial charge in [-0.25, -0.2) is 4.98 Å². The first-order valence-corrected chi connectivity index (χ1v) is 10.8. The predicted octanol–water partition coefficient (Wildman–Crippen LogP) is 0.690. The van der Waals surface area contributed by atoms with E-state index >= 15 is 0 Å². The second-order valence-corrected chi connectivity index (χ2v) is 7.90. The van der Waals surface area contributed by atoms with Gasteiger partial charge in [0.15, 0.2) is 5.78 Å². The number of hydrogen-bond acceptors (Lipinski definition) is 7. The molecule has 3 N–H and O–H groups in total. The molecule has 0 saturated carbocycles. The van der Waals surface area contributed by atoms with E-state index in [1.165, 1.54) is 16.5 Å². The van der Waals surface area contributed by atoms with Gasteiger partial charge in [-0.05, 0) is 35.9 Å². The number of aromatic nitrogens is 2. The van der Waals surface area contributed by atoms with Crippen LogP contribution in [-0.4, -0.2) is 64.8 Å². The highest BCUT2D eigenvalue weighted by Gasteiger charge is 2.20. The molecule has 2 aromatic carbocycles. The fourth-order valence-corrected chi connectivity index (χ4v) is 3.80. The Hall–Kier alpha value is -3.35. The van der Waals surface area contributed by atoms with Crippen LogP contribution in [0.4, 0.5) is 0 Å². The molecule has 2 heterocycles. The van der Waals surface area contributed by atoms with Crippen LogP contribution in [0.15, 0.2) is 53.6 Å². The average molecular weight is 447 g/mol. The predicted molar refractivity (Wildman–Crippen MR) is 125 cm³/mol. The number of fused-ring (bicyclic) bond motifs is 1. The van der Waals surface area contributed by atoms with E-state index in [1.807, 2.05) is 12.1 Å². The first-order valence-electron chi connectivity index (χ1n) is 10.8. The van der Waals surface area contributed by atoms with E-state index in [1.54, 1.807) is 18.2 Å². The number of rotatable bonds is 6. The summed E-state index contributed by atoms with van der Waals surface area (Å²) < 4.78 is 6.56. The number of carbonyl (C=O) groups excluding carboxylic acids is 1. The van der Waals surface area contributed by atoms with Gasteiger partial charge in [-0.2, -0.15) is 0 Å². The largest absolute Gasteiger partial charge is 0.388 e. The first-order chi connectivity index (χ1) is 16.1. The standard InChI is InChI=1S/C25H26N4O4/c26-14-23(24(31)16-30)29-17-27-22-13-19(7-8-21(22)25(29)32)4-1-18-2-5-20(6-3-18)15-28-9-11-33-12-10-28/h2-3,5-8,13,17,23,30H,9-12,14-16,26H2/t23-/m0/s1. The molecule has 0 aliphatic carbocycles. The second kappa shape index (κ2) is 10.5. The number of aliphatic hydroxyl groups excluding tert-OH is 1. The lowest BCUT2D eigenvalue weighted by Gasteiger charge is -2.26. The number of carbonyl (C=O) groups is 1. The maximum Gasteiger partial charge on any atom is 0.261 e. The summed E-state index contributed by atoms with van der Waals surface area (Å²) in [6, 6.07) is 12.4. The molecule has 1 fully saturated rings. The number of Topliss-reactive ketones (excluding diaryl/α,β-unsaturated/α-hetero) is 1. The molecule has 1 atom stereocenters. The van der Waals surface area contributed by atoms with Crippen LogP contribution in [0.3, 0.4) is 0 Å². The van der Waals surface area contributed by atoms with Crippen LogP contribution in [0.5, 0.6) is 0 Å². The smallest absolute Gasteiger partial charge is 0.261 e. The lowest BCUT2D eigenvalue weighted by atomic mass is 10.1. The summed E-state index contributed by atoms with van der Waals surface area (Å²) in [6.45, 7) is 3.59. The monoisotopic (exact) mass is 446 g/mol. The summed E-state index contributed by atoms with van der Waals surface area (Å²) in [4.78, 5) is 31.4. The zero-order valence-electron chi connectivity index (χ0n) is 18.2. The van der Waals surface area contributed by atoms with Gasteiger partial charge in [-0.3, -0.25) is 19.1 Å². The summed E-state index contributed by atoms with van der Waals surface area (Å²) in [5, 5.41) is 9.48. The minimum absolute atomic E-state index is 0.0959. The maximum absolute atomic E-state index is 12.8. The Morgan fingerprint density at radius 1 is 1.12 bits per heavy atom. The molecule has 1 aliphatic heterocycles. The Labute approximate surface area is 191 Å². The highest BCUT2D eigenvalue weighted by atomic mass is 16.5. The van der Waals surface area contributed by atoms with Gasteiger partial charge in [0.1, 0.15) is 12.6 Å². The van der Waals surface area contributed by atoms with Crippen molar-refractivity contribution >= 4 is 16.7 Å². The highest BCUT2D eigenvalue weighted by Crippen LogP contribution is 2.13. The van der Waals surface area contributed by atoms with Crippen molar-refractivity contribution in [3.63, 3.8) is 0 Å². The Bertz CT molecular complexity index is 1250. The Morgan fingerprint density at radius 3 is 2.52 bits per heavy atom. The van der Waals surface area contributed by atoms with Crippen molar-refractivity contribution in [3.05, 3.63) is 75.8 Å². The van der Waals surface area contributed by atoms with Crippen LogP contribution in [0.2, 0.25) is 0 Å². The number of ether oxygens (including phenoxy) is 1. The van der Waals surface area contributed by atoms with Gasteiger partial charge >= 0.3 is 0 Å². The molecule has 0 spiro atoms. The lowest BCUT2D eigenvalue weighted by Crippen LogP contribution is -2.36. The zero-order chi connectivity index (χ0) is 23.2. The molecule has 3 aromatic rings. The van der Waals surface area contributed by atoms with Gasteiger partial charge in [0.05, 0.1) is 30.4 Å². The molecule has 33 heavy (non-hydrogen) atoms. The van der Waals surface area contributed by atoms with E-state index < -0.39 is 18.4 Å². The summed E-state index contributed by atoms with van der Waals surface area (Å²) in [6.07, 6.45) is 1.29. The Kier molecular flexibility index (Phi) is 7.27. The molecule has 1 aromatic heterocycles. The maximum atomic E-state index is 12.8. The summed E-state index contributed by atoms with van der Waals surface area (Å²) >= 11 is 0. The van der Waals surface area contributed by atoms with Crippen LogP contribution in [-0.2, 0) is 16.1 Å². The summed E-state index contributed by atoms with van der Waals surface area (Å²) in [5.74, 6) is 5.74. The molecule has 0 unspecified atom stereocenters. The number of hydrogen-bond donors (Lipinski definition) is 2. The van der Waals surface area contributed by atoms with E-state index in [-0.39, 0.29) is 12.1 Å². The fraction of sp³-hybridized carbons (Fsp3) is 0.320. The molecule has 170 valence electrons. The van der Waals surface area contributed by atoms with Crippen LogP contribution in [0, 0.1) is 11.8 Å². The van der Waals surface area contributed by atoms with Crippen LogP contribution in [0.25, 0.3) is 10.9 Å². The minimum Gasteiger partial charge on any atom is -0.388 e. The quantitative estimate of drug-likeness (QED) is 0.536. The van der Waals surface area contributed by atoms with Gasteiger partial charge < -0.3 is 15.6 Å². The third-order valence-electron chi connectivity index (χ3n) is 5.69. The Morgan fingerprint density at radius 2 is 1.82 bits per heavy atom. The van der Waals surface area contributed by atoms with Crippen molar-refractivity contribution in [3.8, 4) is 11.8 Å². The van der Waals surface area contributed by atoms with Crippen LogP contribution < -0.4 is 11.3 Å². The zero-order valence-corrected chi connectivity index (χ0v) is 18.2. The number of aliphatic hydroxyl groups is 1. The van der Waals surface area contributed by atoms with Crippen molar-refractivity contribution in [1.82, 2.24) is 14.5 Å². The number of morpholine rings is 1. The topological polar surface area (TPSA) is 111 Å². The summed E-state index contributed by atoms with van der Waals surface area (Å²) in [7, 11) is 0. The average Bonchev–Trinajstić information content (AvgIpc) is 2.86. The van der Waals surface area contributed by atoms with Crippen molar-refractivity contribution in [1.29, 1.82) is 0 Å². The molecule has 0 radical (unpaired) electrons. The van der Waals surface area contributed by atoms with Crippen molar-refractivity contribution < 1.29 is 14.6 Å². The molecule has 8 heteroatoms. The highest BCUT2D eigenvalue weighted by molar-refractivity contribution is 5.84. The first kappa shape index (κ1) is 22.8. The fourth-order valence-electron chi connectivity index (χ4n) is 3.80. The van der Waals surface area contributed by atoms with Crippen molar-refractivity contribution in [2.24, 2.45) is 5.73 Å². The van der Waals surface area contributed by atoms with E-state index in [0.29, 0.717) is 10.9 Å². The van der Waals surface area contributed by atoms with E-state index in [2.05, 4.69) is 33.9 Å². The van der Waals surface area contributed by atoms with Crippen LogP contribution in [0.1, 0.15) is 22.7 Å². The molecular weight excluding hydrogens is 420 g/mol. The molecule has 0 bridgehead atoms.